The summed E-state index contributed by atoms with van der Waals surface area (Å²) < 4.78 is 5.34. The van der Waals surface area contributed by atoms with E-state index in [0.29, 0.717) is 6.04 Å². The number of rotatable bonds is 2. The molecule has 92 valence electrons. The second kappa shape index (κ2) is 5.84. The number of carbonyl (C=O) groups excluding carboxylic acids is 1. The van der Waals surface area contributed by atoms with Crippen LogP contribution in [-0.2, 0) is 9.53 Å². The molecule has 0 radical (unpaired) electrons. The Kier molecular flexibility index (Phi) is 4.44. The highest BCUT2D eigenvalue weighted by Gasteiger charge is 2.28. The van der Waals surface area contributed by atoms with Crippen molar-refractivity contribution in [2.75, 3.05) is 45.3 Å². The van der Waals surface area contributed by atoms with Gasteiger partial charge in [0.2, 0.25) is 5.91 Å². The third kappa shape index (κ3) is 2.87. The summed E-state index contributed by atoms with van der Waals surface area (Å²) >= 11 is 5.59. The van der Waals surface area contributed by atoms with E-state index in [1.165, 1.54) is 6.42 Å². The monoisotopic (exact) mass is 246 g/mol. The summed E-state index contributed by atoms with van der Waals surface area (Å²) in [6, 6.07) is 0.504. The van der Waals surface area contributed by atoms with Gasteiger partial charge in [-0.25, -0.2) is 0 Å². The van der Waals surface area contributed by atoms with Crippen LogP contribution in [0.5, 0.6) is 0 Å². The Morgan fingerprint density at radius 1 is 1.31 bits per heavy atom. The number of ether oxygens (including phenoxy) is 1. The van der Waals surface area contributed by atoms with Crippen molar-refractivity contribution in [2.45, 2.75) is 18.9 Å². The predicted octanol–water partition coefficient (Wildman–Crippen LogP) is 0.548. The van der Waals surface area contributed by atoms with Crippen molar-refractivity contribution in [1.82, 2.24) is 9.80 Å². The third-order valence-corrected chi connectivity index (χ3v) is 3.65. The number of amides is 1. The second-order valence-electron chi connectivity index (χ2n) is 4.42. The number of nitrogens with zero attached hydrogens (tertiary/aromatic N) is 2. The fraction of sp³-hybridized carbons (Fsp3) is 0.909. The molecule has 2 rings (SSSR count). The fourth-order valence-corrected chi connectivity index (χ4v) is 2.68. The van der Waals surface area contributed by atoms with Gasteiger partial charge < -0.3 is 9.64 Å². The molecule has 2 fully saturated rings. The van der Waals surface area contributed by atoms with Crippen LogP contribution in [0, 0.1) is 0 Å². The molecule has 5 heteroatoms. The van der Waals surface area contributed by atoms with E-state index in [-0.39, 0.29) is 11.8 Å². The van der Waals surface area contributed by atoms with Gasteiger partial charge in [-0.15, -0.1) is 11.6 Å². The average Bonchev–Trinajstić information content (AvgIpc) is 2.39. The molecular weight excluding hydrogens is 228 g/mol. The van der Waals surface area contributed by atoms with Gasteiger partial charge in [-0.1, -0.05) is 0 Å². The highest BCUT2D eigenvalue weighted by atomic mass is 35.5. The lowest BCUT2D eigenvalue weighted by molar-refractivity contribution is -0.131. The van der Waals surface area contributed by atoms with Crippen molar-refractivity contribution in [2.24, 2.45) is 0 Å². The summed E-state index contributed by atoms with van der Waals surface area (Å²) in [6.07, 6.45) is 2.27. The third-order valence-electron chi connectivity index (χ3n) is 3.43. The van der Waals surface area contributed by atoms with Crippen molar-refractivity contribution in [1.29, 1.82) is 0 Å². The molecule has 0 saturated carbocycles. The van der Waals surface area contributed by atoms with E-state index in [0.717, 1.165) is 45.8 Å². The maximum Gasteiger partial charge on any atom is 0.237 e. The lowest BCUT2D eigenvalue weighted by Crippen LogP contribution is -2.53. The van der Waals surface area contributed by atoms with Gasteiger partial charge in [-0.2, -0.15) is 0 Å². The summed E-state index contributed by atoms with van der Waals surface area (Å²) in [5.41, 5.74) is 0. The largest absolute Gasteiger partial charge is 0.379 e. The predicted molar refractivity (Wildman–Crippen MR) is 62.7 cm³/mol. The Bertz CT molecular complexity index is 244. The fourth-order valence-electron chi connectivity index (χ4n) is 2.51. The first kappa shape index (κ1) is 12.1. The molecule has 2 aliphatic rings. The molecule has 2 saturated heterocycles. The lowest BCUT2D eigenvalue weighted by Gasteiger charge is -2.40. The van der Waals surface area contributed by atoms with Crippen LogP contribution in [0.3, 0.4) is 0 Å². The van der Waals surface area contributed by atoms with Gasteiger partial charge >= 0.3 is 0 Å². The highest BCUT2D eigenvalue weighted by molar-refractivity contribution is 6.27. The maximum absolute atomic E-state index is 11.5. The van der Waals surface area contributed by atoms with Gasteiger partial charge in [-0.3, -0.25) is 9.69 Å². The number of halogens is 1. The summed E-state index contributed by atoms with van der Waals surface area (Å²) in [4.78, 5) is 15.9. The van der Waals surface area contributed by atoms with E-state index in [9.17, 15) is 4.79 Å². The number of alkyl halides is 1. The topological polar surface area (TPSA) is 32.8 Å². The number of hydrogen-bond donors (Lipinski definition) is 0. The quantitative estimate of drug-likeness (QED) is 0.667. The minimum absolute atomic E-state index is 0.0691. The number of piperidine rings is 1. The van der Waals surface area contributed by atoms with Crippen molar-refractivity contribution in [3.05, 3.63) is 0 Å². The molecule has 2 heterocycles. The summed E-state index contributed by atoms with van der Waals surface area (Å²) in [5.74, 6) is 0.176. The molecule has 0 bridgehead atoms. The van der Waals surface area contributed by atoms with Gasteiger partial charge in [0.1, 0.15) is 5.88 Å². The molecule has 0 aromatic carbocycles. The zero-order chi connectivity index (χ0) is 11.4. The Balaban J connectivity index is 1.87. The molecule has 0 spiro atoms. The molecule has 16 heavy (non-hydrogen) atoms. The molecule has 1 unspecified atom stereocenters. The number of hydrogen-bond acceptors (Lipinski definition) is 3. The molecule has 2 aliphatic heterocycles. The number of likely N-dealkylation sites (tertiary alicyclic amines) is 1. The smallest absolute Gasteiger partial charge is 0.237 e. The molecule has 4 nitrogen and oxygen atoms in total. The van der Waals surface area contributed by atoms with Gasteiger partial charge in [0.05, 0.1) is 13.2 Å². The van der Waals surface area contributed by atoms with E-state index in [1.807, 2.05) is 4.90 Å². The minimum Gasteiger partial charge on any atom is -0.379 e. The van der Waals surface area contributed by atoms with Crippen molar-refractivity contribution >= 4 is 17.5 Å². The molecule has 1 amide bonds. The van der Waals surface area contributed by atoms with Gasteiger partial charge in [0.15, 0.2) is 0 Å². The summed E-state index contributed by atoms with van der Waals surface area (Å²) in [7, 11) is 0. The minimum atomic E-state index is 0.0691. The Labute approximate surface area is 101 Å². The average molecular weight is 247 g/mol. The van der Waals surface area contributed by atoms with E-state index in [4.69, 9.17) is 16.3 Å². The van der Waals surface area contributed by atoms with E-state index < -0.39 is 0 Å². The van der Waals surface area contributed by atoms with Crippen molar-refractivity contribution in [3.8, 4) is 0 Å². The first-order valence-electron chi connectivity index (χ1n) is 5.97. The number of carbonyl (C=O) groups is 1. The Hall–Kier alpha value is -0.320. The summed E-state index contributed by atoms with van der Waals surface area (Å²) in [5, 5.41) is 0. The van der Waals surface area contributed by atoms with Crippen LogP contribution in [0.15, 0.2) is 0 Å². The van der Waals surface area contributed by atoms with Gasteiger partial charge in [0, 0.05) is 32.2 Å². The van der Waals surface area contributed by atoms with Crippen molar-refractivity contribution < 1.29 is 9.53 Å². The van der Waals surface area contributed by atoms with Crippen LogP contribution in [0.25, 0.3) is 0 Å². The SMILES string of the molecule is O=C(CCl)N1CCCC(N2CCOCC2)C1. The Morgan fingerprint density at radius 2 is 2.06 bits per heavy atom. The zero-order valence-corrected chi connectivity index (χ0v) is 10.3. The molecular formula is C11H19ClN2O2. The van der Waals surface area contributed by atoms with E-state index in [2.05, 4.69) is 4.90 Å². The van der Waals surface area contributed by atoms with Crippen LogP contribution in [0.1, 0.15) is 12.8 Å². The Morgan fingerprint density at radius 3 is 2.75 bits per heavy atom. The highest BCUT2D eigenvalue weighted by Crippen LogP contribution is 2.17. The first-order valence-corrected chi connectivity index (χ1v) is 6.50. The van der Waals surface area contributed by atoms with Gasteiger partial charge in [0.25, 0.3) is 0 Å². The molecule has 0 aromatic rings. The first-order chi connectivity index (χ1) is 7.81. The van der Waals surface area contributed by atoms with Crippen LogP contribution >= 0.6 is 11.6 Å². The van der Waals surface area contributed by atoms with Crippen LogP contribution < -0.4 is 0 Å². The van der Waals surface area contributed by atoms with Crippen LogP contribution in [-0.4, -0.2) is 67.0 Å². The zero-order valence-electron chi connectivity index (χ0n) is 9.53. The lowest BCUT2D eigenvalue weighted by atomic mass is 10.0. The van der Waals surface area contributed by atoms with E-state index in [1.54, 1.807) is 0 Å². The van der Waals surface area contributed by atoms with Crippen LogP contribution in [0.4, 0.5) is 0 Å². The second-order valence-corrected chi connectivity index (χ2v) is 4.69. The van der Waals surface area contributed by atoms with Crippen LogP contribution in [0.2, 0.25) is 0 Å². The number of morpholine rings is 1. The van der Waals surface area contributed by atoms with E-state index >= 15 is 0 Å². The maximum atomic E-state index is 11.5. The van der Waals surface area contributed by atoms with Gasteiger partial charge in [-0.05, 0) is 12.8 Å². The molecule has 0 aliphatic carbocycles. The molecule has 0 aromatic heterocycles. The molecule has 1 atom stereocenters. The standard InChI is InChI=1S/C11H19ClN2O2/c12-8-11(15)14-3-1-2-10(9-14)13-4-6-16-7-5-13/h10H,1-9H2. The van der Waals surface area contributed by atoms with Crippen molar-refractivity contribution in [3.63, 3.8) is 0 Å². The summed E-state index contributed by atoms with van der Waals surface area (Å²) in [6.45, 7) is 5.33. The normalized spacial score (nSPS) is 28.1. The molecule has 0 N–H and O–H groups in total.